The molecule has 2 aromatic heterocycles. The first kappa shape index (κ1) is 17.7. The zero-order valence-electron chi connectivity index (χ0n) is 16.4. The molecule has 6 heteroatoms. The molecule has 0 saturated carbocycles. The van der Waals surface area contributed by atoms with Crippen LogP contribution in [0.1, 0.15) is 15.9 Å². The van der Waals surface area contributed by atoms with Crippen molar-refractivity contribution in [3.63, 3.8) is 0 Å². The third-order valence-corrected chi connectivity index (χ3v) is 5.73. The normalized spacial score (nSPS) is 12.8. The number of hydrogen-bond acceptors (Lipinski definition) is 4. The van der Waals surface area contributed by atoms with Gasteiger partial charge in [0.2, 0.25) is 0 Å². The quantitative estimate of drug-likeness (QED) is 0.462. The number of pyridine rings is 1. The summed E-state index contributed by atoms with van der Waals surface area (Å²) in [6, 6.07) is 21.4. The first-order valence-electron chi connectivity index (χ1n) is 10.0. The van der Waals surface area contributed by atoms with Crippen molar-refractivity contribution in [2.24, 2.45) is 0 Å². The maximum Gasteiger partial charge on any atom is 0.335 e. The van der Waals surface area contributed by atoms with E-state index in [0.717, 1.165) is 52.1 Å². The third-order valence-electron chi connectivity index (χ3n) is 5.73. The van der Waals surface area contributed by atoms with Gasteiger partial charge in [-0.2, -0.15) is 0 Å². The molecule has 5 aromatic rings. The minimum atomic E-state index is -0.958. The Labute approximate surface area is 177 Å². The Bertz CT molecular complexity index is 1500. The van der Waals surface area contributed by atoms with Gasteiger partial charge in [0.25, 0.3) is 0 Å². The molecule has 0 amide bonds. The highest BCUT2D eigenvalue weighted by atomic mass is 16.5. The largest absolute Gasteiger partial charge is 0.493 e. The lowest BCUT2D eigenvalue weighted by Gasteiger charge is -2.08. The smallest absolute Gasteiger partial charge is 0.335 e. The van der Waals surface area contributed by atoms with E-state index in [-0.39, 0.29) is 5.56 Å². The van der Waals surface area contributed by atoms with E-state index >= 15 is 0 Å². The molecule has 1 aliphatic rings. The van der Waals surface area contributed by atoms with E-state index in [2.05, 4.69) is 29.2 Å². The fraction of sp³-hybridized carbons (Fsp3) is 0.0800. The first-order chi connectivity index (χ1) is 15.2. The zero-order valence-corrected chi connectivity index (χ0v) is 16.4. The second-order valence-electron chi connectivity index (χ2n) is 7.62. The Morgan fingerprint density at radius 1 is 0.968 bits per heavy atom. The zero-order chi connectivity index (χ0) is 20.9. The van der Waals surface area contributed by atoms with Gasteiger partial charge in [0.15, 0.2) is 0 Å². The maximum absolute atomic E-state index is 11.2. The maximum atomic E-state index is 11.2. The molecule has 31 heavy (non-hydrogen) atoms. The van der Waals surface area contributed by atoms with Crippen LogP contribution >= 0.6 is 0 Å². The van der Waals surface area contributed by atoms with E-state index in [1.54, 1.807) is 24.5 Å². The molecule has 0 spiro atoms. The molecule has 3 heterocycles. The summed E-state index contributed by atoms with van der Waals surface area (Å²) in [5, 5.41) is 10.2. The van der Waals surface area contributed by atoms with Crippen molar-refractivity contribution in [1.29, 1.82) is 0 Å². The third kappa shape index (κ3) is 2.92. The Hall–Kier alpha value is -4.19. The minimum Gasteiger partial charge on any atom is -0.493 e. The second kappa shape index (κ2) is 6.67. The number of carboxylic acids is 1. The number of aromatic nitrogens is 3. The monoisotopic (exact) mass is 407 g/mol. The number of carboxylic acid groups (broad SMARTS) is 1. The summed E-state index contributed by atoms with van der Waals surface area (Å²) < 4.78 is 7.55. The predicted molar refractivity (Wildman–Crippen MR) is 118 cm³/mol. The van der Waals surface area contributed by atoms with Gasteiger partial charge < -0.3 is 9.84 Å². The summed E-state index contributed by atoms with van der Waals surface area (Å²) in [4.78, 5) is 20.4. The molecule has 0 aliphatic carbocycles. The Balaban J connectivity index is 1.39. The van der Waals surface area contributed by atoms with E-state index in [1.165, 1.54) is 5.56 Å². The molecule has 150 valence electrons. The highest BCUT2D eigenvalue weighted by Crippen LogP contribution is 2.31. The van der Waals surface area contributed by atoms with Crippen LogP contribution in [0.3, 0.4) is 0 Å². The number of rotatable bonds is 3. The number of hydrogen-bond donors (Lipinski definition) is 1. The number of nitrogens with zero attached hydrogens (tertiary/aromatic N) is 3. The van der Waals surface area contributed by atoms with E-state index in [4.69, 9.17) is 9.72 Å². The number of imidazole rings is 1. The van der Waals surface area contributed by atoms with Gasteiger partial charge in [-0.1, -0.05) is 6.07 Å². The van der Waals surface area contributed by atoms with Crippen LogP contribution < -0.4 is 4.74 Å². The summed E-state index contributed by atoms with van der Waals surface area (Å²) in [7, 11) is 0. The van der Waals surface area contributed by atoms with Crippen molar-refractivity contribution >= 4 is 27.9 Å². The summed E-state index contributed by atoms with van der Waals surface area (Å²) in [5.74, 6) is 0.0112. The molecule has 0 radical (unpaired) electrons. The lowest BCUT2D eigenvalue weighted by atomic mass is 10.0. The van der Waals surface area contributed by atoms with Gasteiger partial charge in [0.1, 0.15) is 12.1 Å². The number of aromatic carboxylic acids is 1. The Morgan fingerprint density at radius 3 is 2.81 bits per heavy atom. The summed E-state index contributed by atoms with van der Waals surface area (Å²) in [6.45, 7) is 0.743. The SMILES string of the molecule is O=C(O)c1ccc2c(c1)ncn2-c1ccc2nc(-c3ccc4c(c3)CCO4)ccc2c1. The van der Waals surface area contributed by atoms with Crippen molar-refractivity contribution in [2.75, 3.05) is 6.61 Å². The molecular formula is C25H17N3O3. The fourth-order valence-electron chi connectivity index (χ4n) is 4.12. The average Bonchev–Trinajstić information content (AvgIpc) is 3.44. The highest BCUT2D eigenvalue weighted by Gasteiger charge is 2.14. The predicted octanol–water partition coefficient (Wildman–Crippen LogP) is 4.87. The fourth-order valence-corrected chi connectivity index (χ4v) is 4.12. The molecule has 0 fully saturated rings. The molecule has 0 unspecified atom stereocenters. The van der Waals surface area contributed by atoms with E-state index in [0.29, 0.717) is 5.52 Å². The Morgan fingerprint density at radius 2 is 1.90 bits per heavy atom. The average molecular weight is 407 g/mol. The van der Waals surface area contributed by atoms with Crippen molar-refractivity contribution in [3.8, 4) is 22.7 Å². The molecule has 0 saturated heterocycles. The lowest BCUT2D eigenvalue weighted by molar-refractivity contribution is 0.0697. The van der Waals surface area contributed by atoms with Crippen LogP contribution in [0, 0.1) is 0 Å². The van der Waals surface area contributed by atoms with Crippen LogP contribution in [-0.2, 0) is 6.42 Å². The van der Waals surface area contributed by atoms with Crippen molar-refractivity contribution < 1.29 is 14.6 Å². The van der Waals surface area contributed by atoms with Crippen LogP contribution in [0.4, 0.5) is 0 Å². The number of ether oxygens (including phenoxy) is 1. The topological polar surface area (TPSA) is 77.2 Å². The summed E-state index contributed by atoms with van der Waals surface area (Å²) >= 11 is 0. The van der Waals surface area contributed by atoms with Gasteiger partial charge in [0.05, 0.1) is 34.4 Å². The molecule has 3 aromatic carbocycles. The molecular weight excluding hydrogens is 390 g/mol. The Kier molecular flexibility index (Phi) is 3.80. The van der Waals surface area contributed by atoms with Crippen LogP contribution in [-0.4, -0.2) is 32.2 Å². The van der Waals surface area contributed by atoms with Crippen molar-refractivity contribution in [1.82, 2.24) is 14.5 Å². The van der Waals surface area contributed by atoms with Crippen molar-refractivity contribution in [3.05, 3.63) is 84.2 Å². The molecule has 6 nitrogen and oxygen atoms in total. The van der Waals surface area contributed by atoms with Gasteiger partial charge >= 0.3 is 5.97 Å². The van der Waals surface area contributed by atoms with Crippen LogP contribution in [0.25, 0.3) is 38.9 Å². The van der Waals surface area contributed by atoms with Crippen molar-refractivity contribution in [2.45, 2.75) is 6.42 Å². The summed E-state index contributed by atoms with van der Waals surface area (Å²) in [6.07, 6.45) is 2.65. The first-order valence-corrected chi connectivity index (χ1v) is 10.0. The van der Waals surface area contributed by atoms with E-state index in [9.17, 15) is 9.90 Å². The lowest BCUT2D eigenvalue weighted by Crippen LogP contribution is -1.96. The number of carbonyl (C=O) groups is 1. The van der Waals surface area contributed by atoms with Crippen LogP contribution in [0.2, 0.25) is 0 Å². The number of fused-ring (bicyclic) bond motifs is 3. The van der Waals surface area contributed by atoms with Gasteiger partial charge in [-0.05, 0) is 66.2 Å². The number of benzene rings is 3. The highest BCUT2D eigenvalue weighted by molar-refractivity contribution is 5.93. The van der Waals surface area contributed by atoms with Crippen LogP contribution in [0.5, 0.6) is 5.75 Å². The molecule has 0 atom stereocenters. The second-order valence-corrected chi connectivity index (χ2v) is 7.62. The van der Waals surface area contributed by atoms with Gasteiger partial charge in [0, 0.05) is 23.1 Å². The summed E-state index contributed by atoms with van der Waals surface area (Å²) in [5.41, 5.74) is 6.84. The molecule has 6 rings (SSSR count). The molecule has 0 bridgehead atoms. The molecule has 1 aliphatic heterocycles. The van der Waals surface area contributed by atoms with Crippen LogP contribution in [0.15, 0.2) is 73.1 Å². The minimum absolute atomic E-state index is 0.228. The van der Waals surface area contributed by atoms with Gasteiger partial charge in [-0.3, -0.25) is 4.57 Å². The van der Waals surface area contributed by atoms with Gasteiger partial charge in [-0.15, -0.1) is 0 Å². The van der Waals surface area contributed by atoms with Gasteiger partial charge in [-0.25, -0.2) is 14.8 Å². The molecule has 1 N–H and O–H groups in total. The standard InChI is InChI=1S/C25H17N3O3/c29-25(30)18-2-7-23-22(13-18)26-14-28(23)19-4-6-21-16(12-19)1-5-20(27-21)15-3-8-24-17(11-15)9-10-31-24/h1-8,11-14H,9-10H2,(H,29,30). The van der Waals surface area contributed by atoms with E-state index in [1.807, 2.05) is 28.8 Å². The van der Waals surface area contributed by atoms with E-state index < -0.39 is 5.97 Å².